The van der Waals surface area contributed by atoms with Crippen molar-refractivity contribution in [3.8, 4) is 0 Å². The highest BCUT2D eigenvalue weighted by Gasteiger charge is 2.27. The Kier molecular flexibility index (Phi) is 5.62. The van der Waals surface area contributed by atoms with E-state index in [9.17, 15) is 18.0 Å². The quantitative estimate of drug-likeness (QED) is 0.665. The first-order valence-electron chi connectivity index (χ1n) is 5.61. The van der Waals surface area contributed by atoms with Crippen LogP contribution in [0.1, 0.15) is 5.56 Å². The van der Waals surface area contributed by atoms with Crippen molar-refractivity contribution in [3.63, 3.8) is 0 Å². The highest BCUT2D eigenvalue weighted by molar-refractivity contribution is 5.74. The van der Waals surface area contributed by atoms with Crippen molar-refractivity contribution >= 4 is 11.7 Å². The third-order valence-electron chi connectivity index (χ3n) is 2.54. The first kappa shape index (κ1) is 15.3. The van der Waals surface area contributed by atoms with Crippen LogP contribution in [0.15, 0.2) is 24.3 Å². The van der Waals surface area contributed by atoms with E-state index >= 15 is 0 Å². The summed E-state index contributed by atoms with van der Waals surface area (Å²) in [7, 11) is 1.69. The lowest BCUT2D eigenvalue weighted by molar-refractivity contribution is -0.140. The SMILES string of the molecule is CNc1cccc(CC(NC(F)C(F)F)C(=O)O)c1. The van der Waals surface area contributed by atoms with E-state index in [-0.39, 0.29) is 6.42 Å². The van der Waals surface area contributed by atoms with Gasteiger partial charge in [-0.15, -0.1) is 0 Å². The summed E-state index contributed by atoms with van der Waals surface area (Å²) >= 11 is 0. The van der Waals surface area contributed by atoms with Crippen LogP contribution in [-0.2, 0) is 11.2 Å². The summed E-state index contributed by atoms with van der Waals surface area (Å²) in [6.45, 7) is 0. The normalized spacial score (nSPS) is 14.2. The Labute approximate surface area is 108 Å². The predicted octanol–water partition coefficient (Wildman–Crippen LogP) is 1.87. The fourth-order valence-electron chi connectivity index (χ4n) is 1.57. The molecular weight excluding hydrogens is 261 g/mol. The van der Waals surface area contributed by atoms with Gasteiger partial charge in [-0.25, -0.2) is 13.2 Å². The number of halogens is 3. The minimum Gasteiger partial charge on any atom is -0.480 e. The molecule has 0 fully saturated rings. The Morgan fingerprint density at radius 1 is 1.37 bits per heavy atom. The minimum atomic E-state index is -3.26. The van der Waals surface area contributed by atoms with Gasteiger partial charge < -0.3 is 10.4 Å². The maximum atomic E-state index is 12.8. The van der Waals surface area contributed by atoms with Crippen LogP contribution in [0.25, 0.3) is 0 Å². The molecule has 1 rings (SSSR count). The first-order chi connectivity index (χ1) is 8.93. The Morgan fingerprint density at radius 2 is 2.05 bits per heavy atom. The monoisotopic (exact) mass is 276 g/mol. The van der Waals surface area contributed by atoms with E-state index in [1.165, 1.54) is 0 Å². The summed E-state index contributed by atoms with van der Waals surface area (Å²) in [4.78, 5) is 10.9. The van der Waals surface area contributed by atoms with Gasteiger partial charge in [0.1, 0.15) is 6.04 Å². The van der Waals surface area contributed by atoms with E-state index < -0.39 is 24.7 Å². The van der Waals surface area contributed by atoms with Crippen molar-refractivity contribution in [2.75, 3.05) is 12.4 Å². The van der Waals surface area contributed by atoms with Crippen molar-refractivity contribution < 1.29 is 23.1 Å². The van der Waals surface area contributed by atoms with Gasteiger partial charge in [-0.2, -0.15) is 0 Å². The zero-order chi connectivity index (χ0) is 14.4. The zero-order valence-electron chi connectivity index (χ0n) is 10.2. The third-order valence-corrected chi connectivity index (χ3v) is 2.54. The first-order valence-corrected chi connectivity index (χ1v) is 5.61. The maximum Gasteiger partial charge on any atom is 0.321 e. The van der Waals surface area contributed by atoms with Gasteiger partial charge in [0.05, 0.1) is 0 Å². The molecule has 0 saturated heterocycles. The van der Waals surface area contributed by atoms with E-state index in [0.717, 1.165) is 5.69 Å². The lowest BCUT2D eigenvalue weighted by atomic mass is 10.1. The van der Waals surface area contributed by atoms with Gasteiger partial charge in [0.25, 0.3) is 6.43 Å². The van der Waals surface area contributed by atoms with Crippen LogP contribution in [0.2, 0.25) is 0 Å². The number of nitrogens with one attached hydrogen (secondary N) is 2. The average molecular weight is 276 g/mol. The second-order valence-corrected chi connectivity index (χ2v) is 3.95. The van der Waals surface area contributed by atoms with Crippen LogP contribution in [0, 0.1) is 0 Å². The fourth-order valence-corrected chi connectivity index (χ4v) is 1.57. The molecule has 0 radical (unpaired) electrons. The molecule has 1 aromatic rings. The number of carboxylic acids is 1. The number of carbonyl (C=O) groups is 1. The number of hydrogen-bond donors (Lipinski definition) is 3. The topological polar surface area (TPSA) is 61.4 Å². The molecule has 0 amide bonds. The van der Waals surface area contributed by atoms with Crippen LogP contribution >= 0.6 is 0 Å². The molecule has 0 aromatic heterocycles. The van der Waals surface area contributed by atoms with E-state index in [1.54, 1.807) is 36.6 Å². The Hall–Kier alpha value is -1.76. The van der Waals surface area contributed by atoms with Gasteiger partial charge in [-0.05, 0) is 24.1 Å². The number of hydrogen-bond acceptors (Lipinski definition) is 3. The summed E-state index contributed by atoms with van der Waals surface area (Å²) in [5.74, 6) is -1.38. The fraction of sp³-hybridized carbons (Fsp3) is 0.417. The highest BCUT2D eigenvalue weighted by Crippen LogP contribution is 2.13. The lowest BCUT2D eigenvalue weighted by Crippen LogP contribution is -2.45. The van der Waals surface area contributed by atoms with Crippen LogP contribution in [0.4, 0.5) is 18.9 Å². The highest BCUT2D eigenvalue weighted by atomic mass is 19.3. The van der Waals surface area contributed by atoms with Crippen molar-refractivity contribution in [2.45, 2.75) is 25.2 Å². The Bertz CT molecular complexity index is 429. The van der Waals surface area contributed by atoms with Crippen molar-refractivity contribution in [1.29, 1.82) is 0 Å². The van der Waals surface area contributed by atoms with E-state index in [4.69, 9.17) is 5.11 Å². The van der Waals surface area contributed by atoms with Gasteiger partial charge in [0.2, 0.25) is 6.30 Å². The van der Waals surface area contributed by atoms with Crippen molar-refractivity contribution in [3.05, 3.63) is 29.8 Å². The molecule has 0 aliphatic carbocycles. The summed E-state index contributed by atoms with van der Waals surface area (Å²) in [5, 5.41) is 13.5. The second kappa shape index (κ2) is 6.98. The van der Waals surface area contributed by atoms with Crippen LogP contribution in [-0.4, -0.2) is 36.9 Å². The van der Waals surface area contributed by atoms with Crippen LogP contribution < -0.4 is 10.6 Å². The van der Waals surface area contributed by atoms with Crippen LogP contribution in [0.3, 0.4) is 0 Å². The molecule has 2 unspecified atom stereocenters. The standard InChI is InChI=1S/C12H15F3N2O2/c1-16-8-4-2-3-7(5-8)6-9(12(18)19)17-11(15)10(13)14/h2-5,9-11,16-17H,6H2,1H3,(H,18,19). The van der Waals surface area contributed by atoms with Crippen molar-refractivity contribution in [2.24, 2.45) is 0 Å². The van der Waals surface area contributed by atoms with Crippen LogP contribution in [0.5, 0.6) is 0 Å². The molecule has 1 aromatic carbocycles. The number of alkyl halides is 3. The lowest BCUT2D eigenvalue weighted by Gasteiger charge is -2.17. The number of aliphatic carboxylic acids is 1. The molecule has 7 heteroatoms. The molecule has 106 valence electrons. The number of benzene rings is 1. The summed E-state index contributed by atoms with van der Waals surface area (Å²) < 4.78 is 37.0. The van der Waals surface area contributed by atoms with Gasteiger partial charge in [-0.1, -0.05) is 12.1 Å². The van der Waals surface area contributed by atoms with Gasteiger partial charge in [0, 0.05) is 12.7 Å². The molecule has 0 heterocycles. The van der Waals surface area contributed by atoms with E-state index in [2.05, 4.69) is 5.32 Å². The number of anilines is 1. The summed E-state index contributed by atoms with van der Waals surface area (Å²) in [6.07, 6.45) is -6.00. The van der Waals surface area contributed by atoms with E-state index in [1.807, 2.05) is 0 Å². The number of rotatable bonds is 7. The molecule has 19 heavy (non-hydrogen) atoms. The minimum absolute atomic E-state index is 0.0853. The molecule has 0 bridgehead atoms. The molecule has 0 aliphatic rings. The zero-order valence-corrected chi connectivity index (χ0v) is 10.2. The third kappa shape index (κ3) is 4.78. The molecule has 4 nitrogen and oxygen atoms in total. The van der Waals surface area contributed by atoms with Gasteiger partial charge in [-0.3, -0.25) is 10.1 Å². The predicted molar refractivity (Wildman–Crippen MR) is 65.2 cm³/mol. The Balaban J connectivity index is 2.75. The summed E-state index contributed by atoms with van der Waals surface area (Å²) in [6, 6.07) is 5.38. The molecule has 3 N–H and O–H groups in total. The summed E-state index contributed by atoms with van der Waals surface area (Å²) in [5.41, 5.74) is 1.36. The van der Waals surface area contributed by atoms with Gasteiger partial charge >= 0.3 is 5.97 Å². The smallest absolute Gasteiger partial charge is 0.321 e. The maximum absolute atomic E-state index is 12.8. The largest absolute Gasteiger partial charge is 0.480 e. The van der Waals surface area contributed by atoms with E-state index in [0.29, 0.717) is 5.56 Å². The Morgan fingerprint density at radius 3 is 2.58 bits per heavy atom. The van der Waals surface area contributed by atoms with Crippen molar-refractivity contribution in [1.82, 2.24) is 5.32 Å². The number of carboxylic acid groups (broad SMARTS) is 1. The van der Waals surface area contributed by atoms with Gasteiger partial charge in [0.15, 0.2) is 0 Å². The second-order valence-electron chi connectivity index (χ2n) is 3.95. The molecule has 0 spiro atoms. The molecule has 2 atom stereocenters. The molecule has 0 aliphatic heterocycles. The average Bonchev–Trinajstić information content (AvgIpc) is 2.37. The molecular formula is C12H15F3N2O2. The molecule has 0 saturated carbocycles.